The summed E-state index contributed by atoms with van der Waals surface area (Å²) in [6.45, 7) is 5.46. The van der Waals surface area contributed by atoms with Gasteiger partial charge in [-0.15, -0.1) is 11.3 Å². The molecule has 7 nitrogen and oxygen atoms in total. The highest BCUT2D eigenvalue weighted by Gasteiger charge is 2.33. The van der Waals surface area contributed by atoms with Crippen LogP contribution in [0.4, 0.5) is 0 Å². The number of para-hydroxylation sites is 1. The first kappa shape index (κ1) is 21.6. The molecule has 4 heterocycles. The van der Waals surface area contributed by atoms with Gasteiger partial charge in [0.25, 0.3) is 5.91 Å². The third-order valence-electron chi connectivity index (χ3n) is 6.57. The molecule has 5 rings (SSSR count). The smallest absolute Gasteiger partial charge is 0.274 e. The number of amides is 1. The zero-order valence-electron chi connectivity index (χ0n) is 18.4. The van der Waals surface area contributed by atoms with Crippen LogP contribution in [0.25, 0.3) is 10.2 Å². The van der Waals surface area contributed by atoms with Gasteiger partial charge in [0.15, 0.2) is 15.5 Å². The maximum absolute atomic E-state index is 13.2. The van der Waals surface area contributed by atoms with Crippen LogP contribution in [0.1, 0.15) is 72.2 Å². The Labute approximate surface area is 192 Å². The van der Waals surface area contributed by atoms with Crippen LogP contribution in [0.15, 0.2) is 30.3 Å². The quantitative estimate of drug-likeness (QED) is 0.573. The number of rotatable bonds is 4. The number of hydrogen-bond donors (Lipinski definition) is 0. The fourth-order valence-electron chi connectivity index (χ4n) is 4.76. The molecule has 0 N–H and O–H groups in total. The van der Waals surface area contributed by atoms with Gasteiger partial charge in [-0.05, 0) is 43.4 Å². The first-order chi connectivity index (χ1) is 15.3. The minimum atomic E-state index is -3.02. The average Bonchev–Trinajstić information content (AvgIpc) is 3.49. The molecule has 0 radical (unpaired) electrons. The van der Waals surface area contributed by atoms with Crippen LogP contribution >= 0.6 is 11.3 Å². The molecular weight excluding hydrogens is 444 g/mol. The summed E-state index contributed by atoms with van der Waals surface area (Å²) in [4.78, 5) is 19.9. The standard InChI is InChI=1S/C23H28N4O3S2/c1-15(2)20-13-19(25-27(20)17-9-12-32(29,30)14-17)23(28)26-10-7-16(8-11-26)22-24-18-5-3-4-6-21(18)31-22/h3-6,13,15-17H,7-12,14H2,1-2H3. The minimum absolute atomic E-state index is 0.0609. The number of nitrogens with zero attached hydrogens (tertiary/aromatic N) is 4. The molecule has 2 aliphatic rings. The lowest BCUT2D eigenvalue weighted by Gasteiger charge is -2.30. The number of sulfone groups is 1. The van der Waals surface area contributed by atoms with Gasteiger partial charge in [0.05, 0.1) is 32.8 Å². The van der Waals surface area contributed by atoms with Crippen molar-refractivity contribution in [3.8, 4) is 0 Å². The summed E-state index contributed by atoms with van der Waals surface area (Å²) in [5, 5.41) is 5.77. The maximum atomic E-state index is 13.2. The van der Waals surface area contributed by atoms with Crippen molar-refractivity contribution >= 4 is 37.3 Å². The normalized spacial score (nSPS) is 21.6. The monoisotopic (exact) mass is 472 g/mol. The van der Waals surface area contributed by atoms with E-state index in [-0.39, 0.29) is 29.4 Å². The van der Waals surface area contributed by atoms with Crippen molar-refractivity contribution in [2.75, 3.05) is 24.6 Å². The van der Waals surface area contributed by atoms with Gasteiger partial charge in [-0.2, -0.15) is 5.10 Å². The Hall–Kier alpha value is -2.26. The van der Waals surface area contributed by atoms with Crippen LogP contribution in [0.3, 0.4) is 0 Å². The number of likely N-dealkylation sites (tertiary alicyclic amines) is 1. The number of fused-ring (bicyclic) bond motifs is 1. The molecule has 2 saturated heterocycles. The van der Waals surface area contributed by atoms with E-state index in [0.29, 0.717) is 31.1 Å². The Morgan fingerprint density at radius 2 is 1.91 bits per heavy atom. The Bertz CT molecular complexity index is 1220. The summed E-state index contributed by atoms with van der Waals surface area (Å²) in [5.41, 5.74) is 2.41. The third-order valence-corrected chi connectivity index (χ3v) is 9.52. The summed E-state index contributed by atoms with van der Waals surface area (Å²) in [5.74, 6) is 0.781. The van der Waals surface area contributed by atoms with Gasteiger partial charge < -0.3 is 4.90 Å². The molecule has 0 aliphatic carbocycles. The summed E-state index contributed by atoms with van der Waals surface area (Å²) in [7, 11) is -3.02. The Morgan fingerprint density at radius 1 is 1.16 bits per heavy atom. The highest BCUT2D eigenvalue weighted by Crippen LogP contribution is 2.34. The van der Waals surface area contributed by atoms with Gasteiger partial charge in [0.2, 0.25) is 0 Å². The molecule has 32 heavy (non-hydrogen) atoms. The van der Waals surface area contributed by atoms with E-state index in [1.807, 2.05) is 29.2 Å². The van der Waals surface area contributed by atoms with Crippen molar-refractivity contribution in [1.29, 1.82) is 0 Å². The van der Waals surface area contributed by atoms with Crippen molar-refractivity contribution in [2.24, 2.45) is 0 Å². The number of carbonyl (C=O) groups excluding carboxylic acids is 1. The van der Waals surface area contributed by atoms with Crippen molar-refractivity contribution in [1.82, 2.24) is 19.7 Å². The van der Waals surface area contributed by atoms with Gasteiger partial charge in [-0.25, -0.2) is 13.4 Å². The zero-order chi connectivity index (χ0) is 22.5. The SMILES string of the molecule is CC(C)c1cc(C(=O)N2CCC(c3nc4ccccc4s3)CC2)nn1C1CCS(=O)(=O)C1. The fourth-order valence-corrected chi connectivity index (χ4v) is 7.59. The summed E-state index contributed by atoms with van der Waals surface area (Å²) >= 11 is 1.75. The molecule has 9 heteroatoms. The molecule has 0 spiro atoms. The largest absolute Gasteiger partial charge is 0.337 e. The molecule has 1 atom stereocenters. The minimum Gasteiger partial charge on any atom is -0.337 e. The van der Waals surface area contributed by atoms with E-state index >= 15 is 0 Å². The Balaban J connectivity index is 1.30. The van der Waals surface area contributed by atoms with Crippen molar-refractivity contribution in [3.05, 3.63) is 46.7 Å². The predicted octanol–water partition coefficient (Wildman–Crippen LogP) is 4.00. The zero-order valence-corrected chi connectivity index (χ0v) is 20.0. The van der Waals surface area contributed by atoms with Crippen LogP contribution in [0.2, 0.25) is 0 Å². The van der Waals surface area contributed by atoms with E-state index in [1.54, 1.807) is 16.0 Å². The first-order valence-electron chi connectivity index (χ1n) is 11.3. The number of thiazole rings is 1. The Kier molecular flexibility index (Phi) is 5.57. The molecule has 0 saturated carbocycles. The molecule has 1 amide bonds. The molecule has 2 aromatic heterocycles. The van der Waals surface area contributed by atoms with E-state index in [2.05, 4.69) is 25.0 Å². The second kappa shape index (κ2) is 8.26. The van der Waals surface area contributed by atoms with Crippen LogP contribution in [-0.4, -0.2) is 58.6 Å². The second-order valence-corrected chi connectivity index (χ2v) is 12.5. The van der Waals surface area contributed by atoms with Crippen LogP contribution in [-0.2, 0) is 9.84 Å². The summed E-state index contributed by atoms with van der Waals surface area (Å²) < 4.78 is 26.9. The van der Waals surface area contributed by atoms with Crippen LogP contribution in [0, 0.1) is 0 Å². The van der Waals surface area contributed by atoms with E-state index in [4.69, 9.17) is 4.98 Å². The lowest BCUT2D eigenvalue weighted by Crippen LogP contribution is -2.38. The number of carbonyl (C=O) groups is 1. The van der Waals surface area contributed by atoms with Gasteiger partial charge in [-0.1, -0.05) is 26.0 Å². The molecule has 3 aromatic rings. The Morgan fingerprint density at radius 3 is 2.56 bits per heavy atom. The van der Waals surface area contributed by atoms with Crippen LogP contribution < -0.4 is 0 Å². The van der Waals surface area contributed by atoms with Gasteiger partial charge in [0.1, 0.15) is 0 Å². The van der Waals surface area contributed by atoms with Gasteiger partial charge in [-0.3, -0.25) is 9.48 Å². The lowest BCUT2D eigenvalue weighted by atomic mass is 9.97. The molecule has 170 valence electrons. The van der Waals surface area contributed by atoms with Gasteiger partial charge >= 0.3 is 0 Å². The first-order valence-corrected chi connectivity index (χ1v) is 13.9. The van der Waals surface area contributed by atoms with Gasteiger partial charge in [0, 0.05) is 24.7 Å². The van der Waals surface area contributed by atoms with E-state index in [1.165, 1.54) is 4.70 Å². The molecule has 2 aliphatic heterocycles. The van der Waals surface area contributed by atoms with E-state index in [9.17, 15) is 13.2 Å². The molecule has 2 fully saturated rings. The topological polar surface area (TPSA) is 85.2 Å². The third kappa shape index (κ3) is 4.08. The van der Waals surface area contributed by atoms with Crippen molar-refractivity contribution in [2.45, 2.75) is 51.0 Å². The highest BCUT2D eigenvalue weighted by atomic mass is 32.2. The van der Waals surface area contributed by atoms with Crippen LogP contribution in [0.5, 0.6) is 0 Å². The molecular formula is C23H28N4O3S2. The fraction of sp³-hybridized carbons (Fsp3) is 0.522. The van der Waals surface area contributed by atoms with Crippen molar-refractivity contribution < 1.29 is 13.2 Å². The second-order valence-electron chi connectivity index (χ2n) is 9.20. The average molecular weight is 473 g/mol. The molecule has 1 unspecified atom stereocenters. The summed E-state index contributed by atoms with van der Waals surface area (Å²) in [6, 6.07) is 9.89. The maximum Gasteiger partial charge on any atom is 0.274 e. The van der Waals surface area contributed by atoms with Crippen molar-refractivity contribution in [3.63, 3.8) is 0 Å². The molecule has 0 bridgehead atoms. The van der Waals surface area contributed by atoms with E-state index < -0.39 is 9.84 Å². The number of piperidine rings is 1. The molecule has 1 aromatic carbocycles. The number of aromatic nitrogens is 3. The highest BCUT2D eigenvalue weighted by molar-refractivity contribution is 7.91. The number of hydrogen-bond acceptors (Lipinski definition) is 6. The predicted molar refractivity (Wildman–Crippen MR) is 126 cm³/mol. The lowest BCUT2D eigenvalue weighted by molar-refractivity contribution is 0.0705. The van der Waals surface area contributed by atoms with E-state index in [0.717, 1.165) is 29.1 Å². The number of benzene rings is 1. The summed E-state index contributed by atoms with van der Waals surface area (Å²) in [6.07, 6.45) is 2.35.